The second-order valence-corrected chi connectivity index (χ2v) is 7.23. The summed E-state index contributed by atoms with van der Waals surface area (Å²) >= 11 is 0. The van der Waals surface area contributed by atoms with Crippen LogP contribution in [-0.4, -0.2) is 32.0 Å². The van der Waals surface area contributed by atoms with Crippen molar-refractivity contribution in [1.29, 1.82) is 0 Å². The van der Waals surface area contributed by atoms with Gasteiger partial charge in [-0.05, 0) is 37.8 Å². The Morgan fingerprint density at radius 2 is 1.87 bits per heavy atom. The normalized spacial score (nSPS) is 12.9. The Balaban J connectivity index is 1.67. The Bertz CT molecular complexity index is 1030. The Hall–Kier alpha value is -2.97. The van der Waals surface area contributed by atoms with Gasteiger partial charge in [-0.3, -0.25) is 4.79 Å². The van der Waals surface area contributed by atoms with Crippen molar-refractivity contribution < 1.29 is 18.0 Å². The first-order chi connectivity index (χ1) is 14.2. The minimum Gasteiger partial charge on any atom is -0.355 e. The van der Waals surface area contributed by atoms with Gasteiger partial charge in [-0.15, -0.1) is 5.10 Å². The molecule has 0 aliphatic rings. The van der Waals surface area contributed by atoms with Gasteiger partial charge < -0.3 is 5.32 Å². The van der Waals surface area contributed by atoms with E-state index in [-0.39, 0.29) is 24.0 Å². The molecule has 1 N–H and O–H groups in total. The lowest BCUT2D eigenvalue weighted by atomic mass is 9.96. The van der Waals surface area contributed by atoms with Crippen LogP contribution in [0.3, 0.4) is 0 Å². The Kier molecular flexibility index (Phi) is 6.38. The fourth-order valence-corrected chi connectivity index (χ4v) is 3.48. The summed E-state index contributed by atoms with van der Waals surface area (Å²) in [6.07, 6.45) is -3.17. The summed E-state index contributed by atoms with van der Waals surface area (Å²) in [7, 11) is 0. The molecule has 1 amide bonds. The number of halogens is 3. The minimum absolute atomic E-state index is 0.0980. The molecular weight excluding hydrogens is 395 g/mol. The number of aromatic nitrogens is 4. The molecule has 0 saturated carbocycles. The molecule has 30 heavy (non-hydrogen) atoms. The third-order valence-electron chi connectivity index (χ3n) is 5.21. The van der Waals surface area contributed by atoms with E-state index in [2.05, 4.69) is 27.3 Å². The van der Waals surface area contributed by atoms with Crippen LogP contribution in [0.1, 0.15) is 54.0 Å². The monoisotopic (exact) mass is 419 g/mol. The van der Waals surface area contributed by atoms with Crippen LogP contribution in [-0.2, 0) is 17.4 Å². The van der Waals surface area contributed by atoms with E-state index < -0.39 is 12.0 Å². The van der Waals surface area contributed by atoms with E-state index in [1.165, 1.54) is 5.56 Å². The summed E-state index contributed by atoms with van der Waals surface area (Å²) in [5, 5.41) is 6.49. The zero-order chi connectivity index (χ0) is 21.9. The molecule has 0 aliphatic carbocycles. The van der Waals surface area contributed by atoms with Crippen LogP contribution in [0.4, 0.5) is 13.2 Å². The Labute approximate surface area is 172 Å². The lowest BCUT2D eigenvalue weighted by molar-refractivity contribution is -0.144. The molecule has 0 fully saturated rings. The molecule has 6 nitrogen and oxygen atoms in total. The summed E-state index contributed by atoms with van der Waals surface area (Å²) < 4.78 is 39.8. The van der Waals surface area contributed by atoms with Gasteiger partial charge in [-0.2, -0.15) is 18.2 Å². The molecule has 2 heterocycles. The van der Waals surface area contributed by atoms with E-state index in [0.29, 0.717) is 29.9 Å². The van der Waals surface area contributed by atoms with Crippen LogP contribution < -0.4 is 5.32 Å². The summed E-state index contributed by atoms with van der Waals surface area (Å²) in [5.41, 5.74) is 2.92. The zero-order valence-corrected chi connectivity index (χ0v) is 17.1. The maximum atomic E-state index is 12.9. The average molecular weight is 419 g/mol. The Morgan fingerprint density at radius 1 is 1.17 bits per heavy atom. The molecule has 1 atom stereocenters. The smallest absolute Gasteiger partial charge is 0.355 e. The fourth-order valence-electron chi connectivity index (χ4n) is 3.48. The number of aryl methyl sites for hydroxylation is 2. The lowest BCUT2D eigenvalue weighted by Gasteiger charge is -2.16. The number of carbonyl (C=O) groups excluding carboxylic acids is 1. The van der Waals surface area contributed by atoms with E-state index in [0.717, 1.165) is 10.9 Å². The van der Waals surface area contributed by atoms with Crippen molar-refractivity contribution in [2.75, 3.05) is 6.54 Å². The highest BCUT2D eigenvalue weighted by Gasteiger charge is 2.37. The highest BCUT2D eigenvalue weighted by atomic mass is 19.4. The molecule has 3 rings (SSSR count). The highest BCUT2D eigenvalue weighted by Crippen LogP contribution is 2.27. The van der Waals surface area contributed by atoms with Crippen molar-refractivity contribution in [3.63, 3.8) is 0 Å². The molecule has 0 aliphatic heterocycles. The molecule has 3 aromatic rings. The number of benzene rings is 1. The predicted octanol–water partition coefficient (Wildman–Crippen LogP) is 4.00. The number of carbonyl (C=O) groups is 1. The SMILES string of the molecule is CCC(CNC(=O)CCc1c(C)nc2nc(C(F)(F)F)nn2c1C)c1ccccc1. The van der Waals surface area contributed by atoms with Gasteiger partial charge in [0.2, 0.25) is 5.91 Å². The van der Waals surface area contributed by atoms with Crippen LogP contribution in [0.15, 0.2) is 30.3 Å². The van der Waals surface area contributed by atoms with E-state index in [4.69, 9.17) is 0 Å². The number of fused-ring (bicyclic) bond motifs is 1. The molecule has 2 aromatic heterocycles. The molecular formula is C21H24F3N5O. The van der Waals surface area contributed by atoms with Crippen molar-refractivity contribution in [2.45, 2.75) is 52.1 Å². The molecule has 0 saturated heterocycles. The summed E-state index contributed by atoms with van der Waals surface area (Å²) in [5.74, 6) is -1.21. The average Bonchev–Trinajstić information content (AvgIpc) is 3.14. The van der Waals surface area contributed by atoms with Crippen molar-refractivity contribution >= 4 is 11.7 Å². The molecule has 1 unspecified atom stereocenters. The first-order valence-corrected chi connectivity index (χ1v) is 9.82. The maximum Gasteiger partial charge on any atom is 0.453 e. The number of amides is 1. The van der Waals surface area contributed by atoms with Gasteiger partial charge in [0.15, 0.2) is 0 Å². The molecule has 0 bridgehead atoms. The summed E-state index contributed by atoms with van der Waals surface area (Å²) in [6.45, 7) is 5.97. The lowest BCUT2D eigenvalue weighted by Crippen LogP contribution is -2.28. The minimum atomic E-state index is -4.64. The second-order valence-electron chi connectivity index (χ2n) is 7.23. The van der Waals surface area contributed by atoms with Crippen LogP contribution in [0.2, 0.25) is 0 Å². The zero-order valence-electron chi connectivity index (χ0n) is 17.1. The second kappa shape index (κ2) is 8.81. The molecule has 160 valence electrons. The number of alkyl halides is 3. The van der Waals surface area contributed by atoms with Gasteiger partial charge in [-0.1, -0.05) is 37.3 Å². The van der Waals surface area contributed by atoms with Gasteiger partial charge in [0.1, 0.15) is 0 Å². The summed E-state index contributed by atoms with van der Waals surface area (Å²) in [4.78, 5) is 20.0. The van der Waals surface area contributed by atoms with Crippen molar-refractivity contribution in [3.05, 3.63) is 58.7 Å². The standard InChI is InChI=1S/C21H24F3N5O/c1-4-15(16-8-6-5-7-9-16)12-25-18(30)11-10-17-13(2)26-20-27-19(21(22,23)24)28-29(20)14(17)3/h5-9,15H,4,10-12H2,1-3H3,(H,25,30). The van der Waals surface area contributed by atoms with Gasteiger partial charge in [0, 0.05) is 30.3 Å². The topological polar surface area (TPSA) is 72.2 Å². The van der Waals surface area contributed by atoms with Gasteiger partial charge in [0.05, 0.1) is 0 Å². The van der Waals surface area contributed by atoms with Crippen LogP contribution in [0, 0.1) is 13.8 Å². The van der Waals surface area contributed by atoms with Crippen LogP contribution in [0.25, 0.3) is 5.78 Å². The third-order valence-corrected chi connectivity index (χ3v) is 5.21. The van der Waals surface area contributed by atoms with Crippen LogP contribution in [0.5, 0.6) is 0 Å². The number of hydrogen-bond donors (Lipinski definition) is 1. The van der Waals surface area contributed by atoms with Gasteiger partial charge in [0.25, 0.3) is 11.6 Å². The number of hydrogen-bond acceptors (Lipinski definition) is 4. The highest BCUT2D eigenvalue weighted by molar-refractivity contribution is 5.76. The van der Waals surface area contributed by atoms with Crippen LogP contribution >= 0.6 is 0 Å². The van der Waals surface area contributed by atoms with E-state index >= 15 is 0 Å². The number of nitrogens with one attached hydrogen (secondary N) is 1. The van der Waals surface area contributed by atoms with Crippen molar-refractivity contribution in [3.8, 4) is 0 Å². The van der Waals surface area contributed by atoms with E-state index in [1.807, 2.05) is 30.3 Å². The maximum absolute atomic E-state index is 12.9. The first-order valence-electron chi connectivity index (χ1n) is 9.82. The van der Waals surface area contributed by atoms with E-state index in [1.54, 1.807) is 13.8 Å². The number of rotatable bonds is 7. The Morgan fingerprint density at radius 3 is 2.50 bits per heavy atom. The first kappa shape index (κ1) is 21.7. The van der Waals surface area contributed by atoms with Gasteiger partial charge in [-0.25, -0.2) is 9.50 Å². The predicted molar refractivity (Wildman–Crippen MR) is 106 cm³/mol. The van der Waals surface area contributed by atoms with Crippen molar-refractivity contribution in [2.24, 2.45) is 0 Å². The molecule has 1 aromatic carbocycles. The molecule has 0 radical (unpaired) electrons. The molecule has 9 heteroatoms. The largest absolute Gasteiger partial charge is 0.453 e. The van der Waals surface area contributed by atoms with Crippen molar-refractivity contribution in [1.82, 2.24) is 24.9 Å². The summed E-state index contributed by atoms with van der Waals surface area (Å²) in [6, 6.07) is 9.99. The van der Waals surface area contributed by atoms with E-state index in [9.17, 15) is 18.0 Å². The van der Waals surface area contributed by atoms with Gasteiger partial charge >= 0.3 is 6.18 Å². The fraction of sp³-hybridized carbons (Fsp3) is 0.429. The quantitative estimate of drug-likeness (QED) is 0.628. The third kappa shape index (κ3) is 4.77. The number of nitrogens with zero attached hydrogens (tertiary/aromatic N) is 4. The molecule has 0 spiro atoms.